The maximum Gasteiger partial charge on any atom is 0.140 e. The molecule has 1 heterocycles. The highest BCUT2D eigenvalue weighted by Crippen LogP contribution is 2.25. The van der Waals surface area contributed by atoms with E-state index in [-0.39, 0.29) is 11.6 Å². The van der Waals surface area contributed by atoms with Crippen LogP contribution in [0.15, 0.2) is 42.5 Å². The fraction of sp³-hybridized carbons (Fsp3) is 0.0714. The van der Waals surface area contributed by atoms with Gasteiger partial charge in [0.1, 0.15) is 17.4 Å². The van der Waals surface area contributed by atoms with Gasteiger partial charge in [-0.05, 0) is 42.5 Å². The van der Waals surface area contributed by atoms with Gasteiger partial charge in [0.25, 0.3) is 0 Å². The molecule has 0 unspecified atom stereocenters. The summed E-state index contributed by atoms with van der Waals surface area (Å²) in [6.45, 7) is 0. The quantitative estimate of drug-likeness (QED) is 0.712. The molecule has 4 heteroatoms. The van der Waals surface area contributed by atoms with Crippen molar-refractivity contribution in [3.05, 3.63) is 48.3 Å². The number of phenolic OH excluding ortho intramolecular Hbond substituents is 1. The lowest BCUT2D eigenvalue weighted by atomic mass is 10.2. The molecule has 2 aromatic carbocycles. The van der Waals surface area contributed by atoms with Crippen LogP contribution in [0.4, 0.5) is 4.39 Å². The molecular weight excluding hydrogens is 231 g/mol. The Hall–Kier alpha value is -2.36. The lowest BCUT2D eigenvalue weighted by molar-refractivity contribution is 0.475. The van der Waals surface area contributed by atoms with Crippen molar-refractivity contribution in [2.45, 2.75) is 0 Å². The van der Waals surface area contributed by atoms with Crippen molar-refractivity contribution < 1.29 is 9.50 Å². The van der Waals surface area contributed by atoms with Crippen LogP contribution >= 0.6 is 0 Å². The van der Waals surface area contributed by atoms with Crippen molar-refractivity contribution in [2.24, 2.45) is 7.05 Å². The van der Waals surface area contributed by atoms with Crippen LogP contribution in [0.3, 0.4) is 0 Å². The molecule has 0 atom stereocenters. The molecule has 0 fully saturated rings. The van der Waals surface area contributed by atoms with Gasteiger partial charge in [-0.3, -0.25) is 0 Å². The Morgan fingerprint density at radius 1 is 1.11 bits per heavy atom. The third kappa shape index (κ3) is 1.62. The van der Waals surface area contributed by atoms with Crippen molar-refractivity contribution in [3.8, 4) is 17.1 Å². The molecule has 0 aliphatic carbocycles. The number of aromatic nitrogens is 2. The number of rotatable bonds is 1. The molecule has 0 radical (unpaired) electrons. The molecule has 0 bridgehead atoms. The average molecular weight is 242 g/mol. The van der Waals surface area contributed by atoms with Crippen LogP contribution in [0.5, 0.6) is 5.75 Å². The molecule has 3 aromatic rings. The van der Waals surface area contributed by atoms with Crippen LogP contribution in [-0.4, -0.2) is 14.7 Å². The zero-order valence-corrected chi connectivity index (χ0v) is 9.76. The zero-order chi connectivity index (χ0) is 12.7. The average Bonchev–Trinajstić information content (AvgIpc) is 2.68. The first-order valence-corrected chi connectivity index (χ1v) is 5.56. The second-order valence-electron chi connectivity index (χ2n) is 4.17. The maximum absolute atomic E-state index is 13.2. The monoisotopic (exact) mass is 242 g/mol. The molecule has 0 aliphatic heterocycles. The van der Waals surface area contributed by atoms with E-state index < -0.39 is 0 Å². The van der Waals surface area contributed by atoms with Gasteiger partial charge in [0.2, 0.25) is 0 Å². The molecule has 3 nitrogen and oxygen atoms in total. The molecule has 0 aliphatic rings. The topological polar surface area (TPSA) is 38.0 Å². The number of hydrogen-bond acceptors (Lipinski definition) is 2. The Kier molecular flexibility index (Phi) is 2.30. The number of nitrogens with zero attached hydrogens (tertiary/aromatic N) is 2. The molecular formula is C14H11FN2O. The van der Waals surface area contributed by atoms with Gasteiger partial charge in [0, 0.05) is 12.6 Å². The van der Waals surface area contributed by atoms with E-state index in [0.717, 1.165) is 22.4 Å². The fourth-order valence-electron chi connectivity index (χ4n) is 2.03. The van der Waals surface area contributed by atoms with E-state index >= 15 is 0 Å². The number of aryl methyl sites for hydroxylation is 1. The predicted octanol–water partition coefficient (Wildman–Crippen LogP) is 3.09. The number of phenols is 1. The highest BCUT2D eigenvalue weighted by molar-refractivity contribution is 5.80. The molecule has 18 heavy (non-hydrogen) atoms. The minimum Gasteiger partial charge on any atom is -0.508 e. The van der Waals surface area contributed by atoms with E-state index in [1.165, 1.54) is 12.1 Å². The van der Waals surface area contributed by atoms with Gasteiger partial charge < -0.3 is 9.67 Å². The predicted molar refractivity (Wildman–Crippen MR) is 67.8 cm³/mol. The summed E-state index contributed by atoms with van der Waals surface area (Å²) in [5.74, 6) is 0.682. The summed E-state index contributed by atoms with van der Waals surface area (Å²) >= 11 is 0. The van der Waals surface area contributed by atoms with Crippen LogP contribution in [0, 0.1) is 5.82 Å². The van der Waals surface area contributed by atoms with Gasteiger partial charge in [-0.1, -0.05) is 0 Å². The van der Waals surface area contributed by atoms with Crippen LogP contribution in [0.1, 0.15) is 0 Å². The number of fused-ring (bicyclic) bond motifs is 1. The van der Waals surface area contributed by atoms with Gasteiger partial charge in [-0.25, -0.2) is 9.37 Å². The fourth-order valence-corrected chi connectivity index (χ4v) is 2.03. The largest absolute Gasteiger partial charge is 0.508 e. The van der Waals surface area contributed by atoms with Crippen molar-refractivity contribution >= 4 is 11.0 Å². The standard InChI is InChI=1S/C14H11FN2O/c1-17-13-8-10(15)4-7-12(13)16-14(17)9-2-5-11(18)6-3-9/h2-8,18H,1H3. The highest BCUT2D eigenvalue weighted by Gasteiger charge is 2.10. The summed E-state index contributed by atoms with van der Waals surface area (Å²) in [6, 6.07) is 11.3. The molecule has 0 saturated heterocycles. The number of halogens is 1. The van der Waals surface area contributed by atoms with Crippen LogP contribution in [-0.2, 0) is 7.05 Å². The van der Waals surface area contributed by atoms with Crippen molar-refractivity contribution in [1.29, 1.82) is 0 Å². The number of imidazole rings is 1. The Morgan fingerprint density at radius 3 is 2.56 bits per heavy atom. The third-order valence-corrected chi connectivity index (χ3v) is 2.97. The minimum atomic E-state index is -0.275. The number of aromatic hydroxyl groups is 1. The number of hydrogen-bond donors (Lipinski definition) is 1. The summed E-state index contributed by atoms with van der Waals surface area (Å²) in [7, 11) is 1.84. The first-order valence-electron chi connectivity index (χ1n) is 5.56. The Balaban J connectivity index is 2.23. The van der Waals surface area contributed by atoms with Gasteiger partial charge in [0.15, 0.2) is 0 Å². The molecule has 3 rings (SSSR count). The lowest BCUT2D eigenvalue weighted by Gasteiger charge is -2.02. The Bertz CT molecular complexity index is 716. The highest BCUT2D eigenvalue weighted by atomic mass is 19.1. The molecule has 0 saturated carbocycles. The summed E-state index contributed by atoms with van der Waals surface area (Å²) in [6.07, 6.45) is 0. The smallest absolute Gasteiger partial charge is 0.140 e. The second-order valence-corrected chi connectivity index (χ2v) is 4.17. The third-order valence-electron chi connectivity index (χ3n) is 2.97. The van der Waals surface area contributed by atoms with Crippen molar-refractivity contribution in [2.75, 3.05) is 0 Å². The molecule has 0 amide bonds. The first kappa shape index (κ1) is 10.8. The molecule has 0 spiro atoms. The minimum absolute atomic E-state index is 0.212. The van der Waals surface area contributed by atoms with Crippen LogP contribution < -0.4 is 0 Å². The van der Waals surface area contributed by atoms with E-state index in [1.807, 2.05) is 11.6 Å². The summed E-state index contributed by atoms with van der Waals surface area (Å²) in [4.78, 5) is 4.47. The van der Waals surface area contributed by atoms with Gasteiger partial charge >= 0.3 is 0 Å². The van der Waals surface area contributed by atoms with Gasteiger partial charge in [0.05, 0.1) is 11.0 Å². The molecule has 1 aromatic heterocycles. The van der Waals surface area contributed by atoms with E-state index in [9.17, 15) is 9.50 Å². The molecule has 1 N–H and O–H groups in total. The maximum atomic E-state index is 13.2. The van der Waals surface area contributed by atoms with Gasteiger partial charge in [-0.2, -0.15) is 0 Å². The number of benzene rings is 2. The summed E-state index contributed by atoms with van der Waals surface area (Å²) < 4.78 is 15.0. The first-order chi connectivity index (χ1) is 8.65. The van der Waals surface area contributed by atoms with Crippen LogP contribution in [0.25, 0.3) is 22.4 Å². The van der Waals surface area contributed by atoms with Crippen molar-refractivity contribution in [3.63, 3.8) is 0 Å². The lowest BCUT2D eigenvalue weighted by Crippen LogP contribution is -1.92. The van der Waals surface area contributed by atoms with Crippen molar-refractivity contribution in [1.82, 2.24) is 9.55 Å². The Labute approximate surface area is 103 Å². The second kappa shape index (κ2) is 3.84. The van der Waals surface area contributed by atoms with E-state index in [1.54, 1.807) is 30.3 Å². The molecule has 90 valence electrons. The summed E-state index contributed by atoms with van der Waals surface area (Å²) in [5, 5.41) is 9.27. The SMILES string of the molecule is Cn1c(-c2ccc(O)cc2)nc2ccc(F)cc21. The zero-order valence-electron chi connectivity index (χ0n) is 9.76. The Morgan fingerprint density at radius 2 is 1.83 bits per heavy atom. The summed E-state index contributed by atoms with van der Waals surface area (Å²) in [5.41, 5.74) is 2.38. The van der Waals surface area contributed by atoms with E-state index in [2.05, 4.69) is 4.98 Å². The van der Waals surface area contributed by atoms with Crippen LogP contribution in [0.2, 0.25) is 0 Å². The van der Waals surface area contributed by atoms with Gasteiger partial charge in [-0.15, -0.1) is 0 Å². The normalized spacial score (nSPS) is 11.0. The van der Waals surface area contributed by atoms with E-state index in [4.69, 9.17) is 0 Å². The van der Waals surface area contributed by atoms with E-state index in [0.29, 0.717) is 0 Å².